The molecule has 5 heteroatoms. The summed E-state index contributed by atoms with van der Waals surface area (Å²) in [7, 11) is 0. The van der Waals surface area contributed by atoms with Crippen molar-refractivity contribution in [2.24, 2.45) is 11.8 Å². The summed E-state index contributed by atoms with van der Waals surface area (Å²) >= 11 is 0. The second-order valence-electron chi connectivity index (χ2n) is 7.83. The van der Waals surface area contributed by atoms with Crippen LogP contribution in [0.4, 0.5) is 0 Å². The summed E-state index contributed by atoms with van der Waals surface area (Å²) in [5.74, 6) is 1.15. The van der Waals surface area contributed by atoms with Crippen molar-refractivity contribution in [3.8, 4) is 0 Å². The van der Waals surface area contributed by atoms with E-state index in [1.54, 1.807) is 0 Å². The molecule has 1 saturated carbocycles. The first-order chi connectivity index (χ1) is 12.2. The highest BCUT2D eigenvalue weighted by molar-refractivity contribution is 5.80. The molecule has 25 heavy (non-hydrogen) atoms. The minimum Gasteiger partial charge on any atom is -0.375 e. The average molecular weight is 344 g/mol. The van der Waals surface area contributed by atoms with Gasteiger partial charge in [-0.25, -0.2) is 0 Å². The SMILES string of the molecule is Cc1cccc(COCCC2CCOC23CN(C(=O)C2CCC2)C3)n1. The van der Waals surface area contributed by atoms with E-state index < -0.39 is 0 Å². The van der Waals surface area contributed by atoms with E-state index in [2.05, 4.69) is 4.98 Å². The number of amides is 1. The molecule has 2 aliphatic heterocycles. The normalized spacial score (nSPS) is 25.0. The summed E-state index contributed by atoms with van der Waals surface area (Å²) in [6.07, 6.45) is 5.44. The number of carbonyl (C=O) groups is 1. The van der Waals surface area contributed by atoms with Crippen molar-refractivity contribution in [3.63, 3.8) is 0 Å². The quantitative estimate of drug-likeness (QED) is 0.745. The van der Waals surface area contributed by atoms with Crippen molar-refractivity contribution < 1.29 is 14.3 Å². The van der Waals surface area contributed by atoms with Crippen LogP contribution in [0.15, 0.2) is 18.2 Å². The second kappa shape index (κ2) is 7.04. The molecule has 0 radical (unpaired) electrons. The second-order valence-corrected chi connectivity index (χ2v) is 7.83. The number of rotatable bonds is 6. The standard InChI is InChI=1S/C20H28N2O3/c1-15-4-2-7-18(21-15)12-24-10-8-17-9-11-25-20(17)13-22(14-20)19(23)16-5-3-6-16/h2,4,7,16-17H,3,5-6,8-14H2,1H3. The van der Waals surface area contributed by atoms with Crippen molar-refractivity contribution >= 4 is 5.91 Å². The van der Waals surface area contributed by atoms with Crippen LogP contribution < -0.4 is 0 Å². The van der Waals surface area contributed by atoms with E-state index in [9.17, 15) is 4.79 Å². The van der Waals surface area contributed by atoms with Crippen LogP contribution in [0.1, 0.15) is 43.5 Å². The van der Waals surface area contributed by atoms with Gasteiger partial charge in [0, 0.05) is 24.8 Å². The number of hydrogen-bond donors (Lipinski definition) is 0. The molecule has 3 heterocycles. The number of pyridine rings is 1. The molecule has 2 saturated heterocycles. The molecule has 0 bridgehead atoms. The van der Waals surface area contributed by atoms with Gasteiger partial charge in [0.25, 0.3) is 0 Å². The Labute approximate surface area is 149 Å². The average Bonchev–Trinajstić information content (AvgIpc) is 2.92. The minimum atomic E-state index is -0.0929. The lowest BCUT2D eigenvalue weighted by Gasteiger charge is -2.51. The molecular weight excluding hydrogens is 316 g/mol. The first kappa shape index (κ1) is 17.0. The Morgan fingerprint density at radius 2 is 2.20 bits per heavy atom. The van der Waals surface area contributed by atoms with Crippen molar-refractivity contribution in [3.05, 3.63) is 29.6 Å². The predicted octanol–water partition coefficient (Wildman–Crippen LogP) is 2.71. The van der Waals surface area contributed by atoms with Crippen LogP contribution in [0.5, 0.6) is 0 Å². The zero-order valence-corrected chi connectivity index (χ0v) is 15.1. The van der Waals surface area contributed by atoms with Crippen molar-refractivity contribution in [2.45, 2.75) is 51.2 Å². The third-order valence-electron chi connectivity index (χ3n) is 6.09. The highest BCUT2D eigenvalue weighted by Crippen LogP contribution is 2.43. The van der Waals surface area contributed by atoms with Gasteiger partial charge in [-0.15, -0.1) is 0 Å². The van der Waals surface area contributed by atoms with Crippen LogP contribution in [0, 0.1) is 18.8 Å². The van der Waals surface area contributed by atoms with Crippen molar-refractivity contribution in [1.82, 2.24) is 9.88 Å². The summed E-state index contributed by atoms with van der Waals surface area (Å²) in [6.45, 7) is 5.67. The molecule has 0 N–H and O–H groups in total. The third kappa shape index (κ3) is 3.44. The Balaban J connectivity index is 1.22. The molecule has 1 unspecified atom stereocenters. The predicted molar refractivity (Wildman–Crippen MR) is 94.0 cm³/mol. The number of hydrogen-bond acceptors (Lipinski definition) is 4. The van der Waals surface area contributed by atoms with Crippen LogP contribution >= 0.6 is 0 Å². The molecule has 5 nitrogen and oxygen atoms in total. The van der Waals surface area contributed by atoms with Crippen LogP contribution in [0.2, 0.25) is 0 Å². The van der Waals surface area contributed by atoms with Gasteiger partial charge in [-0.1, -0.05) is 12.5 Å². The zero-order chi connectivity index (χ0) is 17.3. The number of likely N-dealkylation sites (tertiary alicyclic amines) is 1. The first-order valence-electron chi connectivity index (χ1n) is 9.59. The highest BCUT2D eigenvalue weighted by Gasteiger charge is 2.54. The number of carbonyl (C=O) groups excluding carboxylic acids is 1. The highest BCUT2D eigenvalue weighted by atomic mass is 16.5. The van der Waals surface area contributed by atoms with E-state index in [-0.39, 0.29) is 5.60 Å². The van der Waals surface area contributed by atoms with Gasteiger partial charge >= 0.3 is 0 Å². The van der Waals surface area contributed by atoms with Gasteiger partial charge in [0.05, 0.1) is 25.4 Å². The molecule has 1 aromatic heterocycles. The molecule has 3 fully saturated rings. The van der Waals surface area contributed by atoms with Crippen LogP contribution in [0.3, 0.4) is 0 Å². The maximum atomic E-state index is 12.3. The Hall–Kier alpha value is -1.46. The number of aromatic nitrogens is 1. The molecule has 1 aromatic rings. The fraction of sp³-hybridized carbons (Fsp3) is 0.700. The van der Waals surface area contributed by atoms with Gasteiger partial charge in [0.1, 0.15) is 5.60 Å². The summed E-state index contributed by atoms with van der Waals surface area (Å²) in [5.41, 5.74) is 1.91. The third-order valence-corrected chi connectivity index (χ3v) is 6.09. The Morgan fingerprint density at radius 1 is 1.36 bits per heavy atom. The zero-order valence-electron chi connectivity index (χ0n) is 15.1. The molecule has 136 valence electrons. The van der Waals surface area contributed by atoms with E-state index in [0.29, 0.717) is 24.3 Å². The molecule has 0 aromatic carbocycles. The Morgan fingerprint density at radius 3 is 2.92 bits per heavy atom. The topological polar surface area (TPSA) is 51.7 Å². The molecule has 4 rings (SSSR count). The first-order valence-corrected chi connectivity index (χ1v) is 9.59. The van der Waals surface area contributed by atoms with Gasteiger partial charge in [0.15, 0.2) is 0 Å². The molecule has 1 amide bonds. The molecular formula is C20H28N2O3. The summed E-state index contributed by atoms with van der Waals surface area (Å²) in [5, 5.41) is 0. The maximum Gasteiger partial charge on any atom is 0.225 e. The summed E-state index contributed by atoms with van der Waals surface area (Å²) in [4.78, 5) is 18.8. The van der Waals surface area contributed by atoms with E-state index >= 15 is 0 Å². The van der Waals surface area contributed by atoms with Crippen LogP contribution in [0.25, 0.3) is 0 Å². The summed E-state index contributed by atoms with van der Waals surface area (Å²) < 4.78 is 11.9. The smallest absolute Gasteiger partial charge is 0.225 e. The van der Waals surface area contributed by atoms with Crippen molar-refractivity contribution in [2.75, 3.05) is 26.3 Å². The van der Waals surface area contributed by atoms with E-state index in [1.165, 1.54) is 6.42 Å². The largest absolute Gasteiger partial charge is 0.375 e. The van der Waals surface area contributed by atoms with Gasteiger partial charge in [-0.2, -0.15) is 0 Å². The van der Waals surface area contributed by atoms with E-state index in [1.807, 2.05) is 30.0 Å². The Bertz CT molecular complexity index is 623. The minimum absolute atomic E-state index is 0.0929. The Kier molecular flexibility index (Phi) is 4.78. The monoisotopic (exact) mass is 344 g/mol. The van der Waals surface area contributed by atoms with Gasteiger partial charge in [-0.3, -0.25) is 9.78 Å². The van der Waals surface area contributed by atoms with Gasteiger partial charge < -0.3 is 14.4 Å². The lowest BCUT2D eigenvalue weighted by atomic mass is 9.77. The lowest BCUT2D eigenvalue weighted by molar-refractivity contribution is -0.172. The molecule has 3 aliphatic rings. The summed E-state index contributed by atoms with van der Waals surface area (Å²) in [6, 6.07) is 6.02. The fourth-order valence-electron chi connectivity index (χ4n) is 4.29. The van der Waals surface area contributed by atoms with Gasteiger partial charge in [0.2, 0.25) is 5.91 Å². The molecule has 1 aliphatic carbocycles. The van der Waals surface area contributed by atoms with E-state index in [0.717, 1.165) is 63.4 Å². The number of aryl methyl sites for hydroxylation is 1. The molecule has 1 atom stereocenters. The van der Waals surface area contributed by atoms with Crippen molar-refractivity contribution in [1.29, 1.82) is 0 Å². The van der Waals surface area contributed by atoms with E-state index in [4.69, 9.17) is 9.47 Å². The number of nitrogens with zero attached hydrogens (tertiary/aromatic N) is 2. The fourth-order valence-corrected chi connectivity index (χ4v) is 4.29. The van der Waals surface area contributed by atoms with Crippen LogP contribution in [-0.2, 0) is 20.9 Å². The van der Waals surface area contributed by atoms with Crippen LogP contribution in [-0.4, -0.2) is 47.7 Å². The maximum absolute atomic E-state index is 12.3. The molecule has 1 spiro atoms. The lowest BCUT2D eigenvalue weighted by Crippen LogP contribution is -2.67. The van der Waals surface area contributed by atoms with Gasteiger partial charge in [-0.05, 0) is 50.7 Å². The number of ether oxygens (including phenoxy) is 2.